The molecule has 0 atom stereocenters. The first kappa shape index (κ1) is 13.5. The molecule has 64 valence electrons. The summed E-state index contributed by atoms with van der Waals surface area (Å²) in [5.41, 5.74) is 0.836. The second kappa shape index (κ2) is 5.40. The zero-order valence-electron chi connectivity index (χ0n) is 7.32. The third-order valence-corrected chi connectivity index (χ3v) is 2.32. The van der Waals surface area contributed by atoms with Crippen molar-refractivity contribution in [1.29, 1.82) is 0 Å². The summed E-state index contributed by atoms with van der Waals surface area (Å²) in [6.07, 6.45) is 1.61. The van der Waals surface area contributed by atoms with E-state index in [2.05, 4.69) is 6.58 Å². The summed E-state index contributed by atoms with van der Waals surface area (Å²) in [5, 5.41) is 6.75. The summed E-state index contributed by atoms with van der Waals surface area (Å²) >= 11 is 0. The molecular weight excluding hydrogens is 213 g/mol. The van der Waals surface area contributed by atoms with Gasteiger partial charge in [-0.15, -0.1) is 0 Å². The Balaban J connectivity index is 0.00000144. The van der Waals surface area contributed by atoms with Gasteiger partial charge in [-0.3, -0.25) is 0 Å². The monoisotopic (exact) mass is 221 g/mol. The quantitative estimate of drug-likeness (QED) is 0.606. The fraction of sp³-hybridized carbons (Fsp3) is 0. The van der Waals surface area contributed by atoms with E-state index in [1.54, 1.807) is 18.2 Å². The SMILES string of the molecule is C=Cc1ccc(S([NH-])(=O)=O)cc1.[K+]. The van der Waals surface area contributed by atoms with Crippen LogP contribution in [0.1, 0.15) is 5.56 Å². The molecule has 1 rings (SSSR count). The van der Waals surface area contributed by atoms with Crippen LogP contribution in [0.5, 0.6) is 0 Å². The van der Waals surface area contributed by atoms with E-state index >= 15 is 0 Å². The van der Waals surface area contributed by atoms with Crippen molar-refractivity contribution in [2.24, 2.45) is 0 Å². The van der Waals surface area contributed by atoms with Crippen LogP contribution in [0.4, 0.5) is 0 Å². The van der Waals surface area contributed by atoms with Gasteiger partial charge in [-0.1, -0.05) is 24.8 Å². The van der Waals surface area contributed by atoms with Crippen molar-refractivity contribution in [2.45, 2.75) is 4.90 Å². The molecule has 1 aromatic rings. The average molecular weight is 221 g/mol. The second-order valence-corrected chi connectivity index (χ2v) is 3.75. The maximum absolute atomic E-state index is 10.7. The van der Waals surface area contributed by atoms with E-state index < -0.39 is 10.0 Å². The maximum Gasteiger partial charge on any atom is 1.00 e. The number of sulfonamides is 1. The van der Waals surface area contributed by atoms with E-state index in [4.69, 9.17) is 5.14 Å². The molecule has 1 aromatic carbocycles. The average Bonchev–Trinajstić information content (AvgIpc) is 2.03. The number of nitrogens with one attached hydrogen (secondary N) is 1. The van der Waals surface area contributed by atoms with Crippen LogP contribution in [0.2, 0.25) is 0 Å². The van der Waals surface area contributed by atoms with Crippen LogP contribution in [0.25, 0.3) is 11.2 Å². The summed E-state index contributed by atoms with van der Waals surface area (Å²) in [5.74, 6) is 0. The van der Waals surface area contributed by atoms with Gasteiger partial charge in [0.25, 0.3) is 0 Å². The molecule has 0 unspecified atom stereocenters. The molecule has 0 aliphatic carbocycles. The van der Waals surface area contributed by atoms with Crippen molar-refractivity contribution in [1.82, 2.24) is 0 Å². The fourth-order valence-electron chi connectivity index (χ4n) is 0.783. The van der Waals surface area contributed by atoms with Gasteiger partial charge in [0.2, 0.25) is 0 Å². The minimum atomic E-state index is -3.81. The summed E-state index contributed by atoms with van der Waals surface area (Å²) in [6.45, 7) is 3.53. The smallest absolute Gasteiger partial charge is 0.560 e. The van der Waals surface area contributed by atoms with Crippen molar-refractivity contribution in [3.05, 3.63) is 41.5 Å². The molecule has 0 spiro atoms. The molecule has 0 saturated carbocycles. The van der Waals surface area contributed by atoms with Crippen molar-refractivity contribution in [3.63, 3.8) is 0 Å². The molecular formula is C8H8KNO2S. The first-order chi connectivity index (χ1) is 5.54. The number of rotatable bonds is 2. The Labute approximate surface area is 120 Å². The van der Waals surface area contributed by atoms with E-state index in [1.165, 1.54) is 12.1 Å². The van der Waals surface area contributed by atoms with E-state index in [0.717, 1.165) is 5.56 Å². The molecule has 1 N–H and O–H groups in total. The van der Waals surface area contributed by atoms with E-state index in [-0.39, 0.29) is 56.3 Å². The van der Waals surface area contributed by atoms with Gasteiger partial charge >= 0.3 is 51.4 Å². The van der Waals surface area contributed by atoms with Gasteiger partial charge in [-0.05, 0) is 17.7 Å². The van der Waals surface area contributed by atoms with E-state index in [9.17, 15) is 8.42 Å². The van der Waals surface area contributed by atoms with Crippen molar-refractivity contribution >= 4 is 16.1 Å². The standard InChI is InChI=1S/C8H8NO2S.K/c1-2-7-3-5-8(6-4-7)12(9,10)11;/h2-6H,1H2,(H-,9,10,11);/q-1;+1. The van der Waals surface area contributed by atoms with Crippen LogP contribution < -0.4 is 51.4 Å². The molecule has 0 aliphatic rings. The molecule has 0 bridgehead atoms. The first-order valence-corrected chi connectivity index (χ1v) is 4.74. The summed E-state index contributed by atoms with van der Waals surface area (Å²) < 4.78 is 21.3. The van der Waals surface area contributed by atoms with Crippen LogP contribution in [0.3, 0.4) is 0 Å². The number of benzene rings is 1. The normalized spacial score (nSPS) is 10.2. The van der Waals surface area contributed by atoms with Crippen LogP contribution in [-0.4, -0.2) is 8.42 Å². The molecule has 0 saturated heterocycles. The van der Waals surface area contributed by atoms with E-state index in [1.807, 2.05) is 0 Å². The van der Waals surface area contributed by atoms with E-state index in [0.29, 0.717) is 0 Å². The first-order valence-electron chi connectivity index (χ1n) is 3.26. The van der Waals surface area contributed by atoms with Crippen LogP contribution >= 0.6 is 0 Å². The second-order valence-electron chi connectivity index (χ2n) is 2.28. The molecule has 0 aliphatic heterocycles. The Bertz CT molecular complexity index is 383. The summed E-state index contributed by atoms with van der Waals surface area (Å²) in [7, 11) is -3.81. The van der Waals surface area contributed by atoms with Gasteiger partial charge in [-0.25, -0.2) is 8.42 Å². The molecule has 5 heteroatoms. The molecule has 0 amide bonds. The van der Waals surface area contributed by atoms with Crippen LogP contribution in [0.15, 0.2) is 35.7 Å². The minimum Gasteiger partial charge on any atom is -0.560 e. The zero-order valence-corrected chi connectivity index (χ0v) is 11.3. The maximum atomic E-state index is 10.7. The van der Waals surface area contributed by atoms with Gasteiger partial charge in [-0.2, -0.15) is 0 Å². The molecule has 3 nitrogen and oxygen atoms in total. The predicted octanol–water partition coefficient (Wildman–Crippen LogP) is -0.926. The fourth-order valence-corrected chi connectivity index (χ4v) is 1.28. The Morgan fingerprint density at radius 3 is 2.00 bits per heavy atom. The van der Waals surface area contributed by atoms with Crippen molar-refractivity contribution in [3.8, 4) is 0 Å². The Morgan fingerprint density at radius 2 is 1.69 bits per heavy atom. The third kappa shape index (κ3) is 4.03. The summed E-state index contributed by atoms with van der Waals surface area (Å²) in [4.78, 5) is 0.00750. The molecule has 0 aromatic heterocycles. The molecule has 0 heterocycles. The number of hydrogen-bond donors (Lipinski definition) is 0. The van der Waals surface area contributed by atoms with Crippen LogP contribution in [0, 0.1) is 0 Å². The van der Waals surface area contributed by atoms with Gasteiger partial charge in [0.1, 0.15) is 0 Å². The van der Waals surface area contributed by atoms with Crippen LogP contribution in [-0.2, 0) is 10.0 Å². The number of hydrogen-bond acceptors (Lipinski definition) is 2. The third-order valence-electron chi connectivity index (χ3n) is 1.43. The largest absolute Gasteiger partial charge is 1.00 e. The Morgan fingerprint density at radius 1 is 1.23 bits per heavy atom. The predicted molar refractivity (Wildman–Crippen MR) is 48.0 cm³/mol. The van der Waals surface area contributed by atoms with Gasteiger partial charge < -0.3 is 5.14 Å². The van der Waals surface area contributed by atoms with Crippen molar-refractivity contribution < 1.29 is 59.8 Å². The Hall–Kier alpha value is 0.506. The zero-order chi connectivity index (χ0) is 9.19. The van der Waals surface area contributed by atoms with Gasteiger partial charge in [0.05, 0.1) is 10.0 Å². The molecule has 0 radical (unpaired) electrons. The van der Waals surface area contributed by atoms with Gasteiger partial charge in [0.15, 0.2) is 0 Å². The Kier molecular flexibility index (Phi) is 5.61. The van der Waals surface area contributed by atoms with Gasteiger partial charge in [0, 0.05) is 4.90 Å². The molecule has 13 heavy (non-hydrogen) atoms. The van der Waals surface area contributed by atoms with Crippen molar-refractivity contribution in [2.75, 3.05) is 0 Å². The molecule has 0 fully saturated rings. The summed E-state index contributed by atoms with van der Waals surface area (Å²) in [6, 6.07) is 5.99. The minimum absolute atomic E-state index is 0. The topological polar surface area (TPSA) is 57.9 Å².